The van der Waals surface area contributed by atoms with Crippen LogP contribution < -0.4 is 5.32 Å². The molecule has 0 bridgehead atoms. The van der Waals surface area contributed by atoms with E-state index in [1.807, 2.05) is 5.32 Å². The molecule has 98 valence electrons. The number of urea groups is 1. The fraction of sp³-hybridized carbons (Fsp3) is 0.778. The first-order valence-corrected chi connectivity index (χ1v) is 5.12. The van der Waals surface area contributed by atoms with E-state index in [4.69, 9.17) is 5.11 Å². The molecule has 1 saturated heterocycles. The van der Waals surface area contributed by atoms with E-state index >= 15 is 0 Å². The molecule has 0 aromatic rings. The maximum absolute atomic E-state index is 12.4. The zero-order chi connectivity index (χ0) is 13.1. The molecule has 1 aliphatic heterocycles. The van der Waals surface area contributed by atoms with Crippen LogP contribution in [-0.4, -0.2) is 47.8 Å². The lowest BCUT2D eigenvalue weighted by Crippen LogP contribution is -2.49. The smallest absolute Gasteiger partial charge is 0.393 e. The summed E-state index contributed by atoms with van der Waals surface area (Å²) in [7, 11) is 0. The summed E-state index contributed by atoms with van der Waals surface area (Å²) in [6.07, 6.45) is -4.04. The Balaban J connectivity index is 2.49. The fourth-order valence-corrected chi connectivity index (χ4v) is 1.69. The van der Waals surface area contributed by atoms with Crippen molar-refractivity contribution in [3.05, 3.63) is 0 Å². The molecule has 8 heteroatoms. The minimum absolute atomic E-state index is 0.00616. The van der Waals surface area contributed by atoms with Crippen LogP contribution in [0, 0.1) is 5.92 Å². The van der Waals surface area contributed by atoms with E-state index in [2.05, 4.69) is 0 Å². The number of hydrogen-bond acceptors (Lipinski definition) is 2. The zero-order valence-electron chi connectivity index (χ0n) is 8.96. The number of carbonyl (C=O) groups is 2. The Bertz CT molecular complexity index is 306. The van der Waals surface area contributed by atoms with Gasteiger partial charge in [0.25, 0.3) is 0 Å². The van der Waals surface area contributed by atoms with Crippen molar-refractivity contribution >= 4 is 12.0 Å². The van der Waals surface area contributed by atoms with Gasteiger partial charge in [-0.3, -0.25) is 4.79 Å². The molecule has 1 rings (SSSR count). The van der Waals surface area contributed by atoms with Crippen LogP contribution in [0.4, 0.5) is 18.0 Å². The minimum atomic E-state index is -4.31. The van der Waals surface area contributed by atoms with Crippen LogP contribution in [0.3, 0.4) is 0 Å². The lowest BCUT2D eigenvalue weighted by Gasteiger charge is -2.33. The van der Waals surface area contributed by atoms with Crippen molar-refractivity contribution in [2.45, 2.75) is 19.0 Å². The second-order valence-corrected chi connectivity index (χ2v) is 3.88. The Kier molecular flexibility index (Phi) is 4.19. The van der Waals surface area contributed by atoms with Crippen molar-refractivity contribution in [1.82, 2.24) is 10.2 Å². The van der Waals surface area contributed by atoms with Gasteiger partial charge in [-0.2, -0.15) is 13.2 Å². The maximum Gasteiger partial charge on any atom is 0.393 e. The van der Waals surface area contributed by atoms with Gasteiger partial charge in [0.1, 0.15) is 6.54 Å². The molecule has 5 nitrogen and oxygen atoms in total. The van der Waals surface area contributed by atoms with Crippen LogP contribution in [0.1, 0.15) is 12.8 Å². The molecule has 0 saturated carbocycles. The Labute approximate surface area is 95.6 Å². The van der Waals surface area contributed by atoms with Crippen molar-refractivity contribution in [2.24, 2.45) is 5.92 Å². The number of amides is 2. The molecule has 0 radical (unpaired) electrons. The maximum atomic E-state index is 12.4. The Morgan fingerprint density at radius 1 is 1.41 bits per heavy atom. The summed E-state index contributed by atoms with van der Waals surface area (Å²) in [5.74, 6) is -2.76. The van der Waals surface area contributed by atoms with Gasteiger partial charge in [-0.25, -0.2) is 4.79 Å². The average molecular weight is 254 g/mol. The van der Waals surface area contributed by atoms with Crippen LogP contribution in [-0.2, 0) is 4.79 Å². The summed E-state index contributed by atoms with van der Waals surface area (Å²) in [5.41, 5.74) is 0. The fourth-order valence-electron chi connectivity index (χ4n) is 1.69. The molecule has 0 aromatic heterocycles. The van der Waals surface area contributed by atoms with E-state index in [9.17, 15) is 22.8 Å². The molecule has 1 aliphatic rings. The predicted molar refractivity (Wildman–Crippen MR) is 51.4 cm³/mol. The van der Waals surface area contributed by atoms with Crippen molar-refractivity contribution in [2.75, 3.05) is 19.6 Å². The molecule has 0 spiro atoms. The Morgan fingerprint density at radius 3 is 2.59 bits per heavy atom. The van der Waals surface area contributed by atoms with Crippen LogP contribution in [0.15, 0.2) is 0 Å². The van der Waals surface area contributed by atoms with Crippen molar-refractivity contribution in [1.29, 1.82) is 0 Å². The standard InChI is InChI=1S/C9H13F3N2O3/c10-9(11,12)6-2-1-3-14(5-6)8(17)13-4-7(15)16/h6H,1-5H2,(H,13,17)(H,15,16). The molecule has 2 N–H and O–H groups in total. The third-order valence-electron chi connectivity index (χ3n) is 2.56. The molecule has 0 aliphatic carbocycles. The van der Waals surface area contributed by atoms with Gasteiger partial charge < -0.3 is 15.3 Å². The number of halogens is 3. The zero-order valence-corrected chi connectivity index (χ0v) is 8.96. The number of nitrogens with zero attached hydrogens (tertiary/aromatic N) is 1. The van der Waals surface area contributed by atoms with Crippen molar-refractivity contribution < 1.29 is 27.9 Å². The Hall–Kier alpha value is -1.47. The van der Waals surface area contributed by atoms with E-state index < -0.39 is 37.2 Å². The molecule has 1 unspecified atom stereocenters. The highest BCUT2D eigenvalue weighted by molar-refractivity contribution is 5.80. The summed E-state index contributed by atoms with van der Waals surface area (Å²) >= 11 is 0. The number of aliphatic carboxylic acids is 1. The Morgan fingerprint density at radius 2 is 2.06 bits per heavy atom. The highest BCUT2D eigenvalue weighted by Gasteiger charge is 2.42. The van der Waals surface area contributed by atoms with Gasteiger partial charge in [0, 0.05) is 13.1 Å². The lowest BCUT2D eigenvalue weighted by molar-refractivity contribution is -0.184. The normalized spacial score (nSPS) is 21.1. The largest absolute Gasteiger partial charge is 0.480 e. The third kappa shape index (κ3) is 4.12. The van der Waals surface area contributed by atoms with E-state index in [0.29, 0.717) is 0 Å². The number of likely N-dealkylation sites (tertiary alicyclic amines) is 1. The van der Waals surface area contributed by atoms with E-state index in [1.54, 1.807) is 0 Å². The van der Waals surface area contributed by atoms with Crippen molar-refractivity contribution in [3.63, 3.8) is 0 Å². The highest BCUT2D eigenvalue weighted by atomic mass is 19.4. The van der Waals surface area contributed by atoms with Gasteiger partial charge in [0.05, 0.1) is 5.92 Å². The van der Waals surface area contributed by atoms with E-state index in [1.165, 1.54) is 0 Å². The molecular formula is C9H13F3N2O3. The molecule has 1 heterocycles. The molecular weight excluding hydrogens is 241 g/mol. The minimum Gasteiger partial charge on any atom is -0.480 e. The third-order valence-corrected chi connectivity index (χ3v) is 2.56. The number of alkyl halides is 3. The summed E-state index contributed by atoms with van der Waals surface area (Å²) < 4.78 is 37.3. The SMILES string of the molecule is O=C(O)CNC(=O)N1CCCC(C(F)(F)F)C1. The number of hydrogen-bond donors (Lipinski definition) is 2. The second kappa shape index (κ2) is 5.24. The monoisotopic (exact) mass is 254 g/mol. The quantitative estimate of drug-likeness (QED) is 0.774. The van der Waals surface area contributed by atoms with Crippen LogP contribution in [0.25, 0.3) is 0 Å². The summed E-state index contributed by atoms with van der Waals surface area (Å²) in [6.45, 7) is -0.779. The van der Waals surface area contributed by atoms with Gasteiger partial charge in [0.2, 0.25) is 0 Å². The molecule has 1 atom stereocenters. The van der Waals surface area contributed by atoms with Gasteiger partial charge in [-0.15, -0.1) is 0 Å². The van der Waals surface area contributed by atoms with Crippen LogP contribution in [0.2, 0.25) is 0 Å². The molecule has 1 fully saturated rings. The van der Waals surface area contributed by atoms with Gasteiger partial charge in [0.15, 0.2) is 0 Å². The number of carboxylic acids is 1. The number of nitrogens with one attached hydrogen (secondary N) is 1. The molecule has 17 heavy (non-hydrogen) atoms. The number of rotatable bonds is 2. The first-order chi connectivity index (χ1) is 7.80. The van der Waals surface area contributed by atoms with Crippen LogP contribution in [0.5, 0.6) is 0 Å². The first-order valence-electron chi connectivity index (χ1n) is 5.12. The van der Waals surface area contributed by atoms with Crippen molar-refractivity contribution in [3.8, 4) is 0 Å². The summed E-state index contributed by atoms with van der Waals surface area (Å²) in [6, 6.07) is -0.763. The second-order valence-electron chi connectivity index (χ2n) is 3.88. The van der Waals surface area contributed by atoms with Crippen LogP contribution >= 0.6 is 0 Å². The number of carbonyl (C=O) groups excluding carboxylic acids is 1. The topological polar surface area (TPSA) is 69.6 Å². The molecule has 2 amide bonds. The average Bonchev–Trinajstić information content (AvgIpc) is 2.25. The number of carboxylic acid groups (broad SMARTS) is 1. The summed E-state index contributed by atoms with van der Waals surface area (Å²) in [5, 5.41) is 10.4. The predicted octanol–water partition coefficient (Wildman–Crippen LogP) is 1.05. The number of piperidine rings is 1. The van der Waals surface area contributed by atoms with E-state index in [-0.39, 0.29) is 19.4 Å². The van der Waals surface area contributed by atoms with Gasteiger partial charge in [-0.05, 0) is 12.8 Å². The first kappa shape index (κ1) is 13.6. The van der Waals surface area contributed by atoms with E-state index in [0.717, 1.165) is 4.90 Å². The lowest BCUT2D eigenvalue weighted by atomic mass is 9.98. The summed E-state index contributed by atoms with van der Waals surface area (Å²) in [4.78, 5) is 22.6. The highest BCUT2D eigenvalue weighted by Crippen LogP contribution is 2.32. The van der Waals surface area contributed by atoms with Gasteiger partial charge in [-0.1, -0.05) is 0 Å². The molecule has 0 aromatic carbocycles. The van der Waals surface area contributed by atoms with Gasteiger partial charge >= 0.3 is 18.2 Å².